The van der Waals surface area contributed by atoms with Gasteiger partial charge in [0, 0.05) is 53.9 Å². The van der Waals surface area contributed by atoms with Crippen molar-refractivity contribution in [2.24, 2.45) is 10.4 Å². The number of ether oxygens (including phenoxy) is 1. The Morgan fingerprint density at radius 3 is 2.57 bits per heavy atom. The third-order valence-corrected chi connectivity index (χ3v) is 5.67. The van der Waals surface area contributed by atoms with Crippen LogP contribution in [0.5, 0.6) is 0 Å². The smallest absolute Gasteiger partial charge is 0.224 e. The summed E-state index contributed by atoms with van der Waals surface area (Å²) < 4.78 is 5.30. The number of aliphatic imine (C=N–C) groups is 1. The van der Waals surface area contributed by atoms with E-state index < -0.39 is 0 Å². The second-order valence-electron chi connectivity index (χ2n) is 7.79. The topological polar surface area (TPSA) is 66.0 Å². The van der Waals surface area contributed by atoms with Crippen LogP contribution in [0.1, 0.15) is 44.1 Å². The Hall–Kier alpha value is -2.08. The first-order valence-electron chi connectivity index (χ1n) is 10.3. The van der Waals surface area contributed by atoms with E-state index in [-0.39, 0.29) is 5.91 Å². The second-order valence-corrected chi connectivity index (χ2v) is 7.79. The first kappa shape index (κ1) is 22.2. The molecule has 0 spiro atoms. The van der Waals surface area contributed by atoms with Crippen LogP contribution in [0.4, 0.5) is 0 Å². The number of carbonyl (C=O) groups excluding carboxylic acids is 1. The fourth-order valence-corrected chi connectivity index (χ4v) is 3.87. The Morgan fingerprint density at radius 1 is 1.21 bits per heavy atom. The highest BCUT2D eigenvalue weighted by atomic mass is 16.5. The van der Waals surface area contributed by atoms with Crippen molar-refractivity contribution in [1.82, 2.24) is 15.5 Å². The molecule has 0 aromatic heterocycles. The predicted octanol–water partition coefficient (Wildman–Crippen LogP) is 2.80. The van der Waals surface area contributed by atoms with Crippen molar-refractivity contribution in [3.63, 3.8) is 0 Å². The number of nitrogens with one attached hydrogen (secondary N) is 2. The Morgan fingerprint density at radius 2 is 1.93 bits per heavy atom. The van der Waals surface area contributed by atoms with Gasteiger partial charge in [-0.15, -0.1) is 0 Å². The number of nitrogens with zero attached hydrogens (tertiary/aromatic N) is 2. The van der Waals surface area contributed by atoms with Gasteiger partial charge >= 0.3 is 0 Å². The van der Waals surface area contributed by atoms with E-state index in [0.29, 0.717) is 24.9 Å². The van der Waals surface area contributed by atoms with Crippen LogP contribution in [-0.2, 0) is 16.1 Å². The Kier molecular flexibility index (Phi) is 9.28. The molecule has 0 aliphatic heterocycles. The highest BCUT2D eigenvalue weighted by Gasteiger charge is 2.33. The second kappa shape index (κ2) is 11.7. The van der Waals surface area contributed by atoms with Crippen LogP contribution in [0, 0.1) is 5.41 Å². The van der Waals surface area contributed by atoms with Gasteiger partial charge in [-0.05, 0) is 30.2 Å². The van der Waals surface area contributed by atoms with Gasteiger partial charge < -0.3 is 20.3 Å². The van der Waals surface area contributed by atoms with E-state index in [1.807, 2.05) is 37.4 Å². The first-order valence-corrected chi connectivity index (χ1v) is 10.3. The maximum atomic E-state index is 12.4. The molecule has 1 aliphatic carbocycles. The molecular formula is C22H36N4O2. The molecule has 1 amide bonds. The predicted molar refractivity (Wildman–Crippen MR) is 114 cm³/mol. The molecule has 1 aliphatic rings. The van der Waals surface area contributed by atoms with Crippen molar-refractivity contribution in [2.45, 2.75) is 45.1 Å². The van der Waals surface area contributed by atoms with Crippen LogP contribution in [0.3, 0.4) is 0 Å². The molecule has 0 bridgehead atoms. The molecule has 1 fully saturated rings. The zero-order valence-corrected chi connectivity index (χ0v) is 17.7. The third-order valence-electron chi connectivity index (χ3n) is 5.67. The molecule has 0 unspecified atom stereocenters. The number of hydrogen-bond donors (Lipinski definition) is 2. The first-order chi connectivity index (χ1) is 13.6. The Balaban J connectivity index is 1.72. The molecule has 1 aromatic rings. The SMILES string of the molecule is CN=C(NCCC(=O)N(C)Cc1ccccc1)NCC1(CCOC)CCCC1. The molecular weight excluding hydrogens is 352 g/mol. The lowest BCUT2D eigenvalue weighted by molar-refractivity contribution is -0.130. The molecule has 0 saturated heterocycles. The molecule has 0 atom stereocenters. The van der Waals surface area contributed by atoms with Gasteiger partial charge in [-0.25, -0.2) is 0 Å². The molecule has 6 nitrogen and oxygen atoms in total. The minimum atomic E-state index is 0.124. The van der Waals surface area contributed by atoms with Crippen LogP contribution < -0.4 is 10.6 Å². The number of benzene rings is 1. The number of rotatable bonds is 10. The van der Waals surface area contributed by atoms with E-state index in [0.717, 1.165) is 31.1 Å². The van der Waals surface area contributed by atoms with Crippen LogP contribution in [0.25, 0.3) is 0 Å². The highest BCUT2D eigenvalue weighted by Crippen LogP contribution is 2.40. The van der Waals surface area contributed by atoms with Gasteiger partial charge in [0.25, 0.3) is 0 Å². The summed E-state index contributed by atoms with van der Waals surface area (Å²) in [6, 6.07) is 10.1. The van der Waals surface area contributed by atoms with Gasteiger partial charge in [0.1, 0.15) is 0 Å². The molecule has 1 saturated carbocycles. The van der Waals surface area contributed by atoms with Crippen molar-refractivity contribution in [1.29, 1.82) is 0 Å². The van der Waals surface area contributed by atoms with Crippen LogP contribution in [0.2, 0.25) is 0 Å². The summed E-state index contributed by atoms with van der Waals surface area (Å²) in [7, 11) is 5.39. The van der Waals surface area contributed by atoms with E-state index in [1.165, 1.54) is 25.7 Å². The minimum Gasteiger partial charge on any atom is -0.385 e. The van der Waals surface area contributed by atoms with E-state index in [2.05, 4.69) is 15.6 Å². The van der Waals surface area contributed by atoms with Crippen LogP contribution >= 0.6 is 0 Å². The fraction of sp³-hybridized carbons (Fsp3) is 0.636. The van der Waals surface area contributed by atoms with Gasteiger partial charge in [0.15, 0.2) is 5.96 Å². The molecule has 0 heterocycles. The number of hydrogen-bond acceptors (Lipinski definition) is 3. The van der Waals surface area contributed by atoms with Crippen molar-refractivity contribution >= 4 is 11.9 Å². The van der Waals surface area contributed by atoms with E-state index in [9.17, 15) is 4.79 Å². The maximum Gasteiger partial charge on any atom is 0.224 e. The number of carbonyl (C=O) groups is 1. The minimum absolute atomic E-state index is 0.124. The van der Waals surface area contributed by atoms with Crippen molar-refractivity contribution < 1.29 is 9.53 Å². The van der Waals surface area contributed by atoms with Gasteiger partial charge in [-0.3, -0.25) is 9.79 Å². The lowest BCUT2D eigenvalue weighted by atomic mass is 9.83. The van der Waals surface area contributed by atoms with E-state index in [1.54, 1.807) is 19.1 Å². The van der Waals surface area contributed by atoms with Gasteiger partial charge in [0.2, 0.25) is 5.91 Å². The molecule has 156 valence electrons. The van der Waals surface area contributed by atoms with E-state index >= 15 is 0 Å². The molecule has 6 heteroatoms. The average molecular weight is 389 g/mol. The summed E-state index contributed by atoms with van der Waals surface area (Å²) in [4.78, 5) is 18.4. The van der Waals surface area contributed by atoms with Crippen LogP contribution in [-0.4, -0.2) is 57.7 Å². The summed E-state index contributed by atoms with van der Waals surface area (Å²) in [5, 5.41) is 6.74. The van der Waals surface area contributed by atoms with Crippen molar-refractivity contribution in [3.05, 3.63) is 35.9 Å². The molecule has 2 N–H and O–H groups in total. The number of guanidine groups is 1. The Labute approximate surface area is 169 Å². The average Bonchev–Trinajstić information content (AvgIpc) is 3.18. The summed E-state index contributed by atoms with van der Waals surface area (Å²) >= 11 is 0. The Bertz CT molecular complexity index is 612. The summed E-state index contributed by atoms with van der Waals surface area (Å²) in [6.45, 7) is 2.91. The molecule has 1 aromatic carbocycles. The van der Waals surface area contributed by atoms with Crippen LogP contribution in [0.15, 0.2) is 35.3 Å². The van der Waals surface area contributed by atoms with Gasteiger partial charge in [-0.2, -0.15) is 0 Å². The zero-order valence-electron chi connectivity index (χ0n) is 17.7. The maximum absolute atomic E-state index is 12.4. The third kappa shape index (κ3) is 7.15. The quantitative estimate of drug-likeness (QED) is 0.478. The lowest BCUT2D eigenvalue weighted by Crippen LogP contribution is -2.44. The summed E-state index contributed by atoms with van der Waals surface area (Å²) in [5.41, 5.74) is 1.45. The lowest BCUT2D eigenvalue weighted by Gasteiger charge is -2.30. The molecule has 0 radical (unpaired) electrons. The van der Waals surface area contributed by atoms with Crippen molar-refractivity contribution in [3.8, 4) is 0 Å². The number of methoxy groups -OCH3 is 1. The van der Waals surface area contributed by atoms with E-state index in [4.69, 9.17) is 4.74 Å². The zero-order chi connectivity index (χ0) is 20.2. The molecule has 2 rings (SSSR count). The van der Waals surface area contributed by atoms with Crippen molar-refractivity contribution in [2.75, 3.05) is 40.9 Å². The fourth-order valence-electron chi connectivity index (χ4n) is 3.87. The number of amides is 1. The summed E-state index contributed by atoms with van der Waals surface area (Å²) in [6.07, 6.45) is 6.58. The normalized spacial score (nSPS) is 16.0. The monoisotopic (exact) mass is 388 g/mol. The van der Waals surface area contributed by atoms with Gasteiger partial charge in [-0.1, -0.05) is 43.2 Å². The largest absolute Gasteiger partial charge is 0.385 e. The van der Waals surface area contributed by atoms with Gasteiger partial charge in [0.05, 0.1) is 0 Å². The summed E-state index contributed by atoms with van der Waals surface area (Å²) in [5.74, 6) is 0.890. The molecule has 28 heavy (non-hydrogen) atoms. The standard InChI is InChI=1S/C22H36N4O2/c1-23-21(25-18-22(14-16-28-3)12-7-8-13-22)24-15-11-20(27)26(2)17-19-9-5-4-6-10-19/h4-6,9-10H,7-8,11-18H2,1-3H3,(H2,23,24,25). The highest BCUT2D eigenvalue weighted by molar-refractivity contribution is 5.81.